The highest BCUT2D eigenvalue weighted by molar-refractivity contribution is 8.00. The van der Waals surface area contributed by atoms with E-state index in [-0.39, 0.29) is 36.4 Å². The van der Waals surface area contributed by atoms with E-state index in [4.69, 9.17) is 4.74 Å². The van der Waals surface area contributed by atoms with Gasteiger partial charge >= 0.3 is 12.0 Å². The van der Waals surface area contributed by atoms with Gasteiger partial charge in [0.15, 0.2) is 5.75 Å². The van der Waals surface area contributed by atoms with E-state index in [1.54, 1.807) is 24.3 Å². The van der Waals surface area contributed by atoms with E-state index in [1.807, 2.05) is 42.1 Å². The van der Waals surface area contributed by atoms with Gasteiger partial charge in [-0.25, -0.2) is 4.79 Å². The smallest absolute Gasteiger partial charge is 0.315 e. The molecule has 32 heavy (non-hydrogen) atoms. The van der Waals surface area contributed by atoms with Gasteiger partial charge in [0.05, 0.1) is 24.2 Å². The third-order valence-corrected chi connectivity index (χ3v) is 7.16. The van der Waals surface area contributed by atoms with Gasteiger partial charge in [-0.3, -0.25) is 9.59 Å². The van der Waals surface area contributed by atoms with Crippen LogP contribution in [-0.4, -0.2) is 41.0 Å². The van der Waals surface area contributed by atoms with Crippen molar-refractivity contribution in [2.75, 3.05) is 11.1 Å². The van der Waals surface area contributed by atoms with Crippen LogP contribution in [0.1, 0.15) is 31.2 Å². The molecule has 0 bridgehead atoms. The summed E-state index contributed by atoms with van der Waals surface area (Å²) in [5.74, 6) is 0.805. The predicted molar refractivity (Wildman–Crippen MR) is 125 cm³/mol. The zero-order chi connectivity index (χ0) is 22.3. The number of carbonyl (C=O) groups excluding carboxylic acids is 3. The zero-order valence-electron chi connectivity index (χ0n) is 17.7. The van der Waals surface area contributed by atoms with Crippen molar-refractivity contribution in [3.63, 3.8) is 0 Å². The second-order valence-corrected chi connectivity index (χ2v) is 9.32. The lowest BCUT2D eigenvalue weighted by Gasteiger charge is -2.16. The van der Waals surface area contributed by atoms with Gasteiger partial charge in [-0.1, -0.05) is 48.9 Å². The average molecular weight is 454 g/mol. The van der Waals surface area contributed by atoms with Crippen LogP contribution >= 0.6 is 11.8 Å². The van der Waals surface area contributed by atoms with Gasteiger partial charge in [0.25, 0.3) is 0 Å². The van der Waals surface area contributed by atoms with E-state index in [1.165, 1.54) is 0 Å². The molecule has 2 aromatic carbocycles. The molecule has 2 fully saturated rings. The molecule has 2 aromatic rings. The van der Waals surface area contributed by atoms with Crippen molar-refractivity contribution in [3.8, 4) is 5.75 Å². The number of carbonyl (C=O) groups is 3. The van der Waals surface area contributed by atoms with E-state index in [2.05, 4.69) is 16.0 Å². The molecular weight excluding hydrogens is 426 g/mol. The Bertz CT molecular complexity index is 969. The van der Waals surface area contributed by atoms with Crippen LogP contribution in [0.25, 0.3) is 0 Å². The lowest BCUT2D eigenvalue weighted by Crippen LogP contribution is -2.36. The van der Waals surface area contributed by atoms with Crippen molar-refractivity contribution in [3.05, 3.63) is 60.2 Å². The van der Waals surface area contributed by atoms with Gasteiger partial charge in [0.2, 0.25) is 5.91 Å². The van der Waals surface area contributed by atoms with Crippen LogP contribution in [0.3, 0.4) is 0 Å². The van der Waals surface area contributed by atoms with Gasteiger partial charge in [0, 0.05) is 17.4 Å². The standard InChI is InChI=1S/C24H27N3O4S/c28-21(14-16-8-2-1-3-9-16)25-17-10-4-5-11-19(17)31-22(29)13-7-6-12-20-23-18(15-32-20)26-24(30)27-23/h1-5,8-11,18,20,23H,6-7,12-15H2,(H,25,28)(H2,26,27,30)/t18-,20-,23-/m0/s1. The number of para-hydroxylation sites is 2. The van der Waals surface area contributed by atoms with Gasteiger partial charge in [-0.15, -0.1) is 0 Å². The lowest BCUT2D eigenvalue weighted by atomic mass is 10.0. The number of thioether (sulfide) groups is 1. The fraction of sp³-hybridized carbons (Fsp3) is 0.375. The molecule has 2 aliphatic rings. The van der Waals surface area contributed by atoms with Gasteiger partial charge in [-0.05, 0) is 30.5 Å². The third kappa shape index (κ3) is 5.82. The first-order valence-electron chi connectivity index (χ1n) is 10.9. The summed E-state index contributed by atoms with van der Waals surface area (Å²) in [5.41, 5.74) is 1.40. The number of benzene rings is 2. The fourth-order valence-corrected chi connectivity index (χ4v) is 5.61. The second-order valence-electron chi connectivity index (χ2n) is 8.05. The number of hydrogen-bond acceptors (Lipinski definition) is 5. The maximum Gasteiger partial charge on any atom is 0.315 e. The van der Waals surface area contributed by atoms with Crippen molar-refractivity contribution >= 4 is 35.4 Å². The van der Waals surface area contributed by atoms with Crippen LogP contribution in [-0.2, 0) is 16.0 Å². The summed E-state index contributed by atoms with van der Waals surface area (Å²) in [4.78, 5) is 36.2. The summed E-state index contributed by atoms with van der Waals surface area (Å²) in [6.45, 7) is 0. The number of amides is 3. The van der Waals surface area contributed by atoms with Crippen LogP contribution in [0, 0.1) is 0 Å². The first kappa shape index (κ1) is 22.2. The monoisotopic (exact) mass is 453 g/mol. The predicted octanol–water partition coefficient (Wildman–Crippen LogP) is 3.50. The molecule has 3 atom stereocenters. The number of unbranched alkanes of at least 4 members (excludes halogenated alkanes) is 1. The summed E-state index contributed by atoms with van der Waals surface area (Å²) >= 11 is 1.87. The lowest BCUT2D eigenvalue weighted by molar-refractivity contribution is -0.134. The molecule has 0 aromatic heterocycles. The summed E-state index contributed by atoms with van der Waals surface area (Å²) in [5, 5.41) is 9.15. The molecule has 3 N–H and O–H groups in total. The number of rotatable bonds is 9. The van der Waals surface area contributed by atoms with Crippen LogP contribution in [0.2, 0.25) is 0 Å². The quantitative estimate of drug-likeness (QED) is 0.234. The molecule has 4 rings (SSSR count). The second kappa shape index (κ2) is 10.5. The molecule has 168 valence electrons. The van der Waals surface area contributed by atoms with E-state index in [0.717, 1.165) is 30.6 Å². The van der Waals surface area contributed by atoms with E-state index in [0.29, 0.717) is 23.1 Å². The number of fused-ring (bicyclic) bond motifs is 1. The first-order valence-corrected chi connectivity index (χ1v) is 12.0. The summed E-state index contributed by atoms with van der Waals surface area (Å²) in [6, 6.07) is 16.8. The van der Waals surface area contributed by atoms with Crippen LogP contribution in [0.4, 0.5) is 10.5 Å². The minimum Gasteiger partial charge on any atom is -0.424 e. The maximum atomic E-state index is 12.4. The third-order valence-electron chi connectivity index (χ3n) is 5.65. The minimum atomic E-state index is -0.317. The topological polar surface area (TPSA) is 96.5 Å². The van der Waals surface area contributed by atoms with Crippen molar-refractivity contribution < 1.29 is 19.1 Å². The summed E-state index contributed by atoms with van der Waals surface area (Å²) in [7, 11) is 0. The van der Waals surface area contributed by atoms with E-state index < -0.39 is 0 Å². The van der Waals surface area contributed by atoms with E-state index >= 15 is 0 Å². The largest absolute Gasteiger partial charge is 0.424 e. The molecule has 0 unspecified atom stereocenters. The molecular formula is C24H27N3O4S. The average Bonchev–Trinajstić information content (AvgIpc) is 3.32. The SMILES string of the molecule is O=C(Cc1ccccc1)Nc1ccccc1OC(=O)CCCC[C@@H]1SC[C@@H]2NC(=O)N[C@@H]21. The normalized spacial score (nSPS) is 21.4. The molecule has 0 radical (unpaired) electrons. The van der Waals surface area contributed by atoms with Crippen LogP contribution < -0.4 is 20.7 Å². The Morgan fingerprint density at radius 3 is 2.66 bits per heavy atom. The molecule has 0 saturated carbocycles. The Kier molecular flexibility index (Phi) is 7.32. The van der Waals surface area contributed by atoms with E-state index in [9.17, 15) is 14.4 Å². The molecule has 0 spiro atoms. The molecule has 2 saturated heterocycles. The molecule has 2 heterocycles. The molecule has 0 aliphatic carbocycles. The Morgan fingerprint density at radius 2 is 1.81 bits per heavy atom. The highest BCUT2D eigenvalue weighted by Crippen LogP contribution is 2.33. The van der Waals surface area contributed by atoms with Crippen molar-refractivity contribution in [2.24, 2.45) is 0 Å². The molecule has 2 aliphatic heterocycles. The van der Waals surface area contributed by atoms with Crippen LogP contribution in [0.15, 0.2) is 54.6 Å². The number of urea groups is 1. The Balaban J connectivity index is 1.21. The summed E-state index contributed by atoms with van der Waals surface area (Å²) in [6.07, 6.45) is 3.12. The fourth-order valence-electron chi connectivity index (χ4n) is 4.07. The number of ether oxygens (including phenoxy) is 1. The highest BCUT2D eigenvalue weighted by Gasteiger charge is 2.42. The number of anilines is 1. The van der Waals surface area contributed by atoms with Gasteiger partial charge in [0.1, 0.15) is 0 Å². The van der Waals surface area contributed by atoms with Crippen LogP contribution in [0.5, 0.6) is 5.75 Å². The summed E-state index contributed by atoms with van der Waals surface area (Å²) < 4.78 is 5.53. The first-order chi connectivity index (χ1) is 15.6. The number of esters is 1. The molecule has 7 nitrogen and oxygen atoms in total. The minimum absolute atomic E-state index is 0.0802. The Hall–Kier alpha value is -3.00. The maximum absolute atomic E-state index is 12.4. The van der Waals surface area contributed by atoms with Crippen molar-refractivity contribution in [2.45, 2.75) is 49.4 Å². The zero-order valence-corrected chi connectivity index (χ0v) is 18.5. The van der Waals surface area contributed by atoms with Crippen molar-refractivity contribution in [1.82, 2.24) is 10.6 Å². The number of nitrogens with one attached hydrogen (secondary N) is 3. The Labute approximate surface area is 191 Å². The molecule has 8 heteroatoms. The van der Waals surface area contributed by atoms with Crippen molar-refractivity contribution in [1.29, 1.82) is 0 Å². The number of hydrogen-bond donors (Lipinski definition) is 3. The molecule has 3 amide bonds. The van der Waals surface area contributed by atoms with Gasteiger partial charge in [-0.2, -0.15) is 11.8 Å². The Morgan fingerprint density at radius 1 is 1.03 bits per heavy atom. The highest BCUT2D eigenvalue weighted by atomic mass is 32.2. The van der Waals surface area contributed by atoms with Gasteiger partial charge < -0.3 is 20.7 Å².